The summed E-state index contributed by atoms with van der Waals surface area (Å²) in [4.78, 5) is 13.4. The van der Waals surface area contributed by atoms with Crippen LogP contribution in [0.25, 0.3) is 0 Å². The lowest BCUT2D eigenvalue weighted by atomic mass is 9.78. The first-order valence-electron chi connectivity index (χ1n) is 10.1. The minimum atomic E-state index is -0.493. The predicted octanol–water partition coefficient (Wildman–Crippen LogP) is 4.96. The molecular weight excluding hydrogens is 386 g/mol. The Balaban J connectivity index is 1.58. The van der Waals surface area contributed by atoms with Crippen LogP contribution >= 0.6 is 11.6 Å². The Morgan fingerprint density at radius 2 is 1.97 bits per heavy atom. The van der Waals surface area contributed by atoms with Crippen LogP contribution in [0.1, 0.15) is 54.4 Å². The maximum absolute atomic E-state index is 13.4. The first-order valence-corrected chi connectivity index (χ1v) is 10.5. The molecule has 1 aliphatic rings. The van der Waals surface area contributed by atoms with E-state index < -0.39 is 5.41 Å². The van der Waals surface area contributed by atoms with Gasteiger partial charge >= 0.3 is 0 Å². The van der Waals surface area contributed by atoms with Crippen molar-refractivity contribution in [2.45, 2.75) is 51.0 Å². The molecule has 0 spiro atoms. The molecule has 1 aromatic carbocycles. The van der Waals surface area contributed by atoms with Crippen LogP contribution in [0.3, 0.4) is 0 Å². The second-order valence-electron chi connectivity index (χ2n) is 7.91. The van der Waals surface area contributed by atoms with Crippen molar-refractivity contribution < 1.29 is 9.21 Å². The molecule has 29 heavy (non-hydrogen) atoms. The number of amides is 1. The Labute approximate surface area is 176 Å². The third-order valence-corrected chi connectivity index (χ3v) is 6.21. The normalized spacial score (nSPS) is 16.7. The number of hydrogen-bond acceptors (Lipinski definition) is 3. The number of nitrogens with one attached hydrogen (secondary N) is 1. The number of aromatic nitrogens is 2. The molecule has 4 rings (SSSR count). The average Bonchev–Trinajstić information content (AvgIpc) is 3.45. The van der Waals surface area contributed by atoms with E-state index in [4.69, 9.17) is 16.0 Å². The van der Waals surface area contributed by atoms with E-state index in [1.807, 2.05) is 61.0 Å². The summed E-state index contributed by atoms with van der Waals surface area (Å²) in [5, 5.41) is 8.51. The lowest BCUT2D eigenvalue weighted by Gasteiger charge is -2.29. The van der Waals surface area contributed by atoms with E-state index >= 15 is 0 Å². The van der Waals surface area contributed by atoms with Gasteiger partial charge in [0.2, 0.25) is 5.91 Å². The number of halogens is 1. The Morgan fingerprint density at radius 3 is 2.55 bits per heavy atom. The van der Waals surface area contributed by atoms with Gasteiger partial charge in [-0.25, -0.2) is 0 Å². The molecule has 0 saturated heterocycles. The quantitative estimate of drug-likeness (QED) is 0.623. The molecule has 152 valence electrons. The Bertz CT molecular complexity index is 970. The van der Waals surface area contributed by atoms with Crippen LogP contribution in [-0.4, -0.2) is 22.2 Å². The van der Waals surface area contributed by atoms with Crippen molar-refractivity contribution in [1.29, 1.82) is 0 Å². The predicted molar refractivity (Wildman–Crippen MR) is 113 cm³/mol. The van der Waals surface area contributed by atoms with Gasteiger partial charge in [0.1, 0.15) is 11.8 Å². The highest BCUT2D eigenvalue weighted by molar-refractivity contribution is 6.30. The van der Waals surface area contributed by atoms with Gasteiger partial charge in [0.05, 0.1) is 17.4 Å². The molecule has 0 bridgehead atoms. The zero-order valence-corrected chi connectivity index (χ0v) is 17.6. The van der Waals surface area contributed by atoms with Crippen molar-refractivity contribution in [2.75, 3.05) is 6.54 Å². The Kier molecular flexibility index (Phi) is 5.50. The molecule has 0 aliphatic heterocycles. The van der Waals surface area contributed by atoms with Crippen LogP contribution in [-0.2, 0) is 10.2 Å². The number of rotatable bonds is 6. The molecule has 1 fully saturated rings. The third-order valence-electron chi connectivity index (χ3n) is 5.96. The van der Waals surface area contributed by atoms with Crippen molar-refractivity contribution in [3.8, 4) is 0 Å². The number of benzene rings is 1. The molecule has 2 aromatic heterocycles. The van der Waals surface area contributed by atoms with Crippen LogP contribution in [0.5, 0.6) is 0 Å². The number of carbonyl (C=O) groups excluding carboxylic acids is 1. The second-order valence-corrected chi connectivity index (χ2v) is 8.35. The minimum absolute atomic E-state index is 0.0652. The van der Waals surface area contributed by atoms with E-state index in [1.165, 1.54) is 0 Å². The molecule has 5 nitrogen and oxygen atoms in total. The van der Waals surface area contributed by atoms with Gasteiger partial charge in [-0.15, -0.1) is 0 Å². The molecule has 2 heterocycles. The van der Waals surface area contributed by atoms with Crippen molar-refractivity contribution in [3.63, 3.8) is 0 Å². The number of furan rings is 1. The molecule has 1 N–H and O–H groups in total. The number of nitrogens with zero attached hydrogens (tertiary/aromatic N) is 2. The standard InChI is InChI=1S/C23H26ClN3O2/c1-16-14-17(2)27(26-16)20(21-6-5-13-29-21)15-25-22(28)23(11-3-4-12-23)18-7-9-19(24)10-8-18/h5-10,13-14,20H,3-4,11-12,15H2,1-2H3,(H,25,28). The molecule has 1 aliphatic carbocycles. The lowest BCUT2D eigenvalue weighted by molar-refractivity contribution is -0.126. The summed E-state index contributed by atoms with van der Waals surface area (Å²) in [6.45, 7) is 4.41. The van der Waals surface area contributed by atoms with Gasteiger partial charge in [0, 0.05) is 17.3 Å². The largest absolute Gasteiger partial charge is 0.467 e. The summed E-state index contributed by atoms with van der Waals surface area (Å²) in [7, 11) is 0. The molecule has 1 amide bonds. The van der Waals surface area contributed by atoms with E-state index in [2.05, 4.69) is 10.4 Å². The SMILES string of the molecule is Cc1cc(C)n(C(CNC(=O)C2(c3ccc(Cl)cc3)CCCC2)c2ccco2)n1. The van der Waals surface area contributed by atoms with Crippen LogP contribution < -0.4 is 5.32 Å². The van der Waals surface area contributed by atoms with Crippen LogP contribution in [0.4, 0.5) is 0 Å². The van der Waals surface area contributed by atoms with E-state index in [0.717, 1.165) is 48.4 Å². The highest BCUT2D eigenvalue weighted by Gasteiger charge is 2.42. The maximum Gasteiger partial charge on any atom is 0.230 e. The van der Waals surface area contributed by atoms with E-state index in [9.17, 15) is 4.79 Å². The highest BCUT2D eigenvalue weighted by Crippen LogP contribution is 2.41. The smallest absolute Gasteiger partial charge is 0.230 e. The van der Waals surface area contributed by atoms with E-state index in [1.54, 1.807) is 6.26 Å². The fourth-order valence-electron chi connectivity index (χ4n) is 4.50. The zero-order valence-electron chi connectivity index (χ0n) is 16.8. The van der Waals surface area contributed by atoms with E-state index in [-0.39, 0.29) is 11.9 Å². The molecule has 0 radical (unpaired) electrons. The number of hydrogen-bond donors (Lipinski definition) is 1. The number of carbonyl (C=O) groups is 1. The fraction of sp³-hybridized carbons (Fsp3) is 0.391. The van der Waals surface area contributed by atoms with Crippen molar-refractivity contribution in [3.05, 3.63) is 76.5 Å². The van der Waals surface area contributed by atoms with E-state index in [0.29, 0.717) is 11.6 Å². The van der Waals surface area contributed by atoms with Gasteiger partial charge in [0.15, 0.2) is 0 Å². The minimum Gasteiger partial charge on any atom is -0.467 e. The van der Waals surface area contributed by atoms with Gasteiger partial charge in [-0.3, -0.25) is 9.48 Å². The zero-order chi connectivity index (χ0) is 20.4. The van der Waals surface area contributed by atoms with Crippen LogP contribution in [0.2, 0.25) is 5.02 Å². The van der Waals surface area contributed by atoms with Crippen LogP contribution in [0, 0.1) is 13.8 Å². The summed E-state index contributed by atoms with van der Waals surface area (Å²) in [6.07, 6.45) is 5.46. The fourth-order valence-corrected chi connectivity index (χ4v) is 4.63. The van der Waals surface area contributed by atoms with Gasteiger partial charge < -0.3 is 9.73 Å². The highest BCUT2D eigenvalue weighted by atomic mass is 35.5. The summed E-state index contributed by atoms with van der Waals surface area (Å²) >= 11 is 6.07. The summed E-state index contributed by atoms with van der Waals surface area (Å²) < 4.78 is 7.60. The molecule has 1 atom stereocenters. The van der Waals surface area contributed by atoms with Crippen LogP contribution in [0.15, 0.2) is 53.1 Å². The van der Waals surface area contributed by atoms with Gasteiger partial charge in [0.25, 0.3) is 0 Å². The van der Waals surface area contributed by atoms with Gasteiger partial charge in [-0.2, -0.15) is 5.10 Å². The molecule has 1 saturated carbocycles. The summed E-state index contributed by atoms with van der Waals surface area (Å²) in [5.41, 5.74) is 2.52. The van der Waals surface area contributed by atoms with Crippen molar-refractivity contribution in [1.82, 2.24) is 15.1 Å². The first-order chi connectivity index (χ1) is 14.0. The van der Waals surface area contributed by atoms with Gasteiger partial charge in [-0.1, -0.05) is 36.6 Å². The van der Waals surface area contributed by atoms with Crippen molar-refractivity contribution >= 4 is 17.5 Å². The third kappa shape index (κ3) is 3.84. The Morgan fingerprint density at radius 1 is 1.24 bits per heavy atom. The lowest BCUT2D eigenvalue weighted by Crippen LogP contribution is -2.44. The van der Waals surface area contributed by atoms with Gasteiger partial charge in [-0.05, 0) is 62.6 Å². The topological polar surface area (TPSA) is 60.1 Å². The molecule has 1 unspecified atom stereocenters. The molecule has 6 heteroatoms. The molecule has 3 aromatic rings. The number of aryl methyl sites for hydroxylation is 2. The monoisotopic (exact) mass is 411 g/mol. The second kappa shape index (κ2) is 8.07. The Hall–Kier alpha value is -2.53. The molecular formula is C23H26ClN3O2. The average molecular weight is 412 g/mol. The first kappa shape index (κ1) is 19.8. The van der Waals surface area contributed by atoms with Crippen molar-refractivity contribution in [2.24, 2.45) is 0 Å². The summed E-state index contributed by atoms with van der Waals surface area (Å²) in [5.74, 6) is 0.846. The summed E-state index contributed by atoms with van der Waals surface area (Å²) in [6, 6.07) is 13.3. The maximum atomic E-state index is 13.4.